The number of aliphatic hydroxyl groups is 1. The average molecular weight is 285 g/mol. The minimum Gasteiger partial charge on any atom is -0.394 e. The summed E-state index contributed by atoms with van der Waals surface area (Å²) in [5, 5.41) is 12.9. The summed E-state index contributed by atoms with van der Waals surface area (Å²) in [5.74, 6) is 0. The summed E-state index contributed by atoms with van der Waals surface area (Å²) in [5.41, 5.74) is -0.104. The van der Waals surface area contributed by atoms with Gasteiger partial charge in [-0.25, -0.2) is 0 Å². The summed E-state index contributed by atoms with van der Waals surface area (Å²) in [4.78, 5) is 5.17. The van der Waals surface area contributed by atoms with Gasteiger partial charge >= 0.3 is 0 Å². The number of nitrogens with one attached hydrogen (secondary N) is 1. The lowest BCUT2D eigenvalue weighted by Crippen LogP contribution is -2.46. The topological polar surface area (TPSA) is 38.7 Å². The molecule has 4 heteroatoms. The second kappa shape index (κ2) is 8.98. The first-order valence-electron chi connectivity index (χ1n) is 8.40. The Morgan fingerprint density at radius 1 is 1.30 bits per heavy atom. The van der Waals surface area contributed by atoms with Crippen molar-refractivity contribution in [3.63, 3.8) is 0 Å². The standard InChI is InChI=1S/C16H35N3O/c1-5-17-16(4,14-20)10-8-11-18-12-9-15(13-18)19(6-2)7-3/h15,17,20H,5-14H2,1-4H3. The third-order valence-corrected chi connectivity index (χ3v) is 4.73. The maximum Gasteiger partial charge on any atom is 0.0610 e. The number of likely N-dealkylation sites (tertiary alicyclic amines) is 1. The van der Waals surface area contributed by atoms with Gasteiger partial charge < -0.3 is 15.3 Å². The summed E-state index contributed by atoms with van der Waals surface area (Å²) in [6.45, 7) is 15.8. The molecule has 0 spiro atoms. The molecule has 1 rings (SSSR count). The van der Waals surface area contributed by atoms with Gasteiger partial charge in [0.15, 0.2) is 0 Å². The lowest BCUT2D eigenvalue weighted by atomic mass is 9.96. The first kappa shape index (κ1) is 17.9. The van der Waals surface area contributed by atoms with E-state index in [1.54, 1.807) is 0 Å². The van der Waals surface area contributed by atoms with E-state index in [0.717, 1.165) is 38.5 Å². The molecule has 1 fully saturated rings. The average Bonchev–Trinajstić information content (AvgIpc) is 2.89. The van der Waals surface area contributed by atoms with E-state index in [9.17, 15) is 5.11 Å². The fourth-order valence-electron chi connectivity index (χ4n) is 3.40. The molecule has 2 unspecified atom stereocenters. The van der Waals surface area contributed by atoms with Gasteiger partial charge in [-0.05, 0) is 58.9 Å². The molecule has 0 aliphatic carbocycles. The Morgan fingerprint density at radius 2 is 2.00 bits per heavy atom. The number of hydrogen-bond donors (Lipinski definition) is 2. The van der Waals surface area contributed by atoms with Crippen molar-refractivity contribution in [1.82, 2.24) is 15.1 Å². The van der Waals surface area contributed by atoms with Crippen molar-refractivity contribution in [1.29, 1.82) is 0 Å². The molecule has 0 aromatic carbocycles. The molecule has 1 saturated heterocycles. The van der Waals surface area contributed by atoms with Gasteiger partial charge in [-0.1, -0.05) is 20.8 Å². The SMILES string of the molecule is CCNC(C)(CO)CCCN1CCC(N(CC)CC)C1. The van der Waals surface area contributed by atoms with Crippen LogP contribution in [-0.2, 0) is 0 Å². The van der Waals surface area contributed by atoms with Gasteiger partial charge in [0.2, 0.25) is 0 Å². The van der Waals surface area contributed by atoms with E-state index in [4.69, 9.17) is 0 Å². The molecule has 0 aromatic rings. The van der Waals surface area contributed by atoms with E-state index in [1.165, 1.54) is 26.1 Å². The van der Waals surface area contributed by atoms with Crippen molar-refractivity contribution >= 4 is 0 Å². The lowest BCUT2D eigenvalue weighted by Gasteiger charge is -2.29. The lowest BCUT2D eigenvalue weighted by molar-refractivity contribution is 0.158. The van der Waals surface area contributed by atoms with Crippen LogP contribution in [0.4, 0.5) is 0 Å². The highest BCUT2D eigenvalue weighted by molar-refractivity contribution is 4.85. The van der Waals surface area contributed by atoms with Gasteiger partial charge in [0.05, 0.1) is 6.61 Å². The zero-order valence-corrected chi connectivity index (χ0v) is 14.0. The maximum atomic E-state index is 9.50. The molecule has 1 aliphatic heterocycles. The van der Waals surface area contributed by atoms with Crippen LogP contribution in [0.15, 0.2) is 0 Å². The van der Waals surface area contributed by atoms with Crippen LogP contribution in [0.5, 0.6) is 0 Å². The highest BCUT2D eigenvalue weighted by Gasteiger charge is 2.27. The van der Waals surface area contributed by atoms with E-state index >= 15 is 0 Å². The Hall–Kier alpha value is -0.160. The van der Waals surface area contributed by atoms with Crippen molar-refractivity contribution in [2.45, 2.75) is 58.5 Å². The van der Waals surface area contributed by atoms with Crippen molar-refractivity contribution < 1.29 is 5.11 Å². The van der Waals surface area contributed by atoms with Gasteiger partial charge in [-0.2, -0.15) is 0 Å². The highest BCUT2D eigenvalue weighted by Crippen LogP contribution is 2.18. The van der Waals surface area contributed by atoms with E-state index in [2.05, 4.69) is 42.8 Å². The van der Waals surface area contributed by atoms with Crippen molar-refractivity contribution in [2.24, 2.45) is 0 Å². The smallest absolute Gasteiger partial charge is 0.0610 e. The van der Waals surface area contributed by atoms with Gasteiger partial charge in [-0.15, -0.1) is 0 Å². The monoisotopic (exact) mass is 285 g/mol. The zero-order chi connectivity index (χ0) is 15.0. The molecule has 1 heterocycles. The summed E-state index contributed by atoms with van der Waals surface area (Å²) >= 11 is 0. The molecule has 4 nitrogen and oxygen atoms in total. The number of likely N-dealkylation sites (N-methyl/N-ethyl adjacent to an activating group) is 2. The summed E-state index contributed by atoms with van der Waals surface area (Å²) < 4.78 is 0. The summed E-state index contributed by atoms with van der Waals surface area (Å²) in [6.07, 6.45) is 3.52. The normalized spacial score (nSPS) is 23.4. The fraction of sp³-hybridized carbons (Fsp3) is 1.00. The molecule has 0 bridgehead atoms. The first-order chi connectivity index (χ1) is 9.58. The number of aliphatic hydroxyl groups excluding tert-OH is 1. The van der Waals surface area contributed by atoms with Crippen LogP contribution in [0, 0.1) is 0 Å². The van der Waals surface area contributed by atoms with E-state index < -0.39 is 0 Å². The molecule has 1 aliphatic rings. The minimum absolute atomic E-state index is 0.104. The van der Waals surface area contributed by atoms with Crippen LogP contribution in [0.3, 0.4) is 0 Å². The number of hydrogen-bond acceptors (Lipinski definition) is 4. The third-order valence-electron chi connectivity index (χ3n) is 4.73. The molecule has 0 aromatic heterocycles. The molecule has 0 amide bonds. The molecule has 0 saturated carbocycles. The Balaban J connectivity index is 2.27. The highest BCUT2D eigenvalue weighted by atomic mass is 16.3. The van der Waals surface area contributed by atoms with Crippen LogP contribution < -0.4 is 5.32 Å². The Labute approximate surface area is 125 Å². The third kappa shape index (κ3) is 5.32. The largest absolute Gasteiger partial charge is 0.394 e. The van der Waals surface area contributed by atoms with Crippen LogP contribution in [0.2, 0.25) is 0 Å². The van der Waals surface area contributed by atoms with Gasteiger partial charge in [0, 0.05) is 18.1 Å². The van der Waals surface area contributed by atoms with E-state index in [1.807, 2.05) is 0 Å². The Morgan fingerprint density at radius 3 is 2.55 bits per heavy atom. The molecule has 20 heavy (non-hydrogen) atoms. The second-order valence-electron chi connectivity index (χ2n) is 6.32. The Kier molecular flexibility index (Phi) is 8.03. The van der Waals surface area contributed by atoms with Crippen LogP contribution >= 0.6 is 0 Å². The van der Waals surface area contributed by atoms with Crippen LogP contribution in [0.1, 0.15) is 47.0 Å². The predicted molar refractivity (Wildman–Crippen MR) is 86.2 cm³/mol. The molecular weight excluding hydrogens is 250 g/mol. The maximum absolute atomic E-state index is 9.50. The van der Waals surface area contributed by atoms with Crippen molar-refractivity contribution in [2.75, 3.05) is 45.9 Å². The van der Waals surface area contributed by atoms with Crippen LogP contribution in [0.25, 0.3) is 0 Å². The number of rotatable bonds is 10. The molecule has 120 valence electrons. The minimum atomic E-state index is -0.104. The fourth-order valence-corrected chi connectivity index (χ4v) is 3.40. The van der Waals surface area contributed by atoms with Gasteiger partial charge in [-0.3, -0.25) is 4.90 Å². The Bertz CT molecular complexity index is 258. The predicted octanol–water partition coefficient (Wildman–Crippen LogP) is 1.54. The van der Waals surface area contributed by atoms with Crippen molar-refractivity contribution in [3.05, 3.63) is 0 Å². The molecule has 2 atom stereocenters. The first-order valence-corrected chi connectivity index (χ1v) is 8.40. The molecule has 0 radical (unpaired) electrons. The molecular formula is C16H35N3O. The van der Waals surface area contributed by atoms with Gasteiger partial charge in [0.1, 0.15) is 0 Å². The van der Waals surface area contributed by atoms with E-state index in [-0.39, 0.29) is 12.1 Å². The van der Waals surface area contributed by atoms with Crippen molar-refractivity contribution in [3.8, 4) is 0 Å². The van der Waals surface area contributed by atoms with E-state index in [0.29, 0.717) is 0 Å². The van der Waals surface area contributed by atoms with Gasteiger partial charge in [0.25, 0.3) is 0 Å². The quantitative estimate of drug-likeness (QED) is 0.639. The molecule has 2 N–H and O–H groups in total. The zero-order valence-electron chi connectivity index (χ0n) is 14.0. The summed E-state index contributed by atoms with van der Waals surface area (Å²) in [7, 11) is 0. The summed E-state index contributed by atoms with van der Waals surface area (Å²) in [6, 6.07) is 0.753. The number of nitrogens with zero attached hydrogens (tertiary/aromatic N) is 2. The van der Waals surface area contributed by atoms with Crippen LogP contribution in [-0.4, -0.2) is 72.4 Å². The second-order valence-corrected chi connectivity index (χ2v) is 6.32.